The van der Waals surface area contributed by atoms with E-state index < -0.39 is 0 Å². The summed E-state index contributed by atoms with van der Waals surface area (Å²) in [5, 5.41) is 9.76. The molecular weight excluding hydrogens is 230 g/mol. The van der Waals surface area contributed by atoms with Crippen LogP contribution in [0.3, 0.4) is 0 Å². The molecule has 2 saturated heterocycles. The van der Waals surface area contributed by atoms with Crippen LogP contribution < -0.4 is 0 Å². The van der Waals surface area contributed by atoms with Gasteiger partial charge in [0.2, 0.25) is 0 Å². The number of nitrogens with zero attached hydrogens (tertiary/aromatic N) is 1. The van der Waals surface area contributed by atoms with Gasteiger partial charge in [-0.3, -0.25) is 4.90 Å². The van der Waals surface area contributed by atoms with Gasteiger partial charge in [-0.25, -0.2) is 0 Å². The molecule has 0 saturated carbocycles. The maximum atomic E-state index is 9.76. The maximum Gasteiger partial charge on any atom is 0.0674 e. The largest absolute Gasteiger partial charge is 0.396 e. The number of hydrogen-bond acceptors (Lipinski definition) is 4. The minimum Gasteiger partial charge on any atom is -0.396 e. The lowest BCUT2D eigenvalue weighted by Gasteiger charge is -2.45. The second-order valence-electron chi connectivity index (χ2n) is 5.95. The fraction of sp³-hybridized carbons (Fsp3) is 1.00. The minimum atomic E-state index is -0.0528. The van der Waals surface area contributed by atoms with Crippen LogP contribution >= 0.6 is 0 Å². The summed E-state index contributed by atoms with van der Waals surface area (Å²) < 4.78 is 11.3. The van der Waals surface area contributed by atoms with Crippen molar-refractivity contribution in [1.82, 2.24) is 4.90 Å². The lowest BCUT2D eigenvalue weighted by Crippen LogP contribution is -2.54. The van der Waals surface area contributed by atoms with E-state index in [1.54, 1.807) is 0 Å². The molecule has 3 atom stereocenters. The Balaban J connectivity index is 1.99. The van der Waals surface area contributed by atoms with Gasteiger partial charge in [-0.05, 0) is 26.2 Å². The number of hydrogen-bond donors (Lipinski definition) is 1. The van der Waals surface area contributed by atoms with Crippen LogP contribution in [0.25, 0.3) is 0 Å². The normalized spacial score (nSPS) is 38.8. The van der Waals surface area contributed by atoms with Crippen molar-refractivity contribution in [3.63, 3.8) is 0 Å². The van der Waals surface area contributed by atoms with E-state index >= 15 is 0 Å². The molecule has 2 fully saturated rings. The van der Waals surface area contributed by atoms with Crippen LogP contribution in [0.2, 0.25) is 0 Å². The predicted octanol–water partition coefficient (Wildman–Crippen LogP) is 1.27. The average Bonchev–Trinajstić information content (AvgIpc) is 2.40. The zero-order valence-corrected chi connectivity index (χ0v) is 11.7. The van der Waals surface area contributed by atoms with Gasteiger partial charge in [-0.2, -0.15) is 0 Å². The highest BCUT2D eigenvalue weighted by Gasteiger charge is 2.37. The molecule has 0 aromatic carbocycles. The summed E-state index contributed by atoms with van der Waals surface area (Å²) in [5.74, 6) is 0. The van der Waals surface area contributed by atoms with Gasteiger partial charge in [0.1, 0.15) is 0 Å². The summed E-state index contributed by atoms with van der Waals surface area (Å²) in [6, 6.07) is 0.492. The second-order valence-corrected chi connectivity index (χ2v) is 5.95. The van der Waals surface area contributed by atoms with Gasteiger partial charge in [0.15, 0.2) is 0 Å². The standard InChI is InChI=1S/C14H27NO3/c1-3-13-8-18-12(2)7-15(13)9-14(10-16)5-4-6-17-11-14/h12-13,16H,3-11H2,1-2H3. The highest BCUT2D eigenvalue weighted by molar-refractivity contribution is 4.88. The van der Waals surface area contributed by atoms with Crippen LogP contribution in [0.5, 0.6) is 0 Å². The monoisotopic (exact) mass is 257 g/mol. The molecule has 0 aliphatic carbocycles. The summed E-state index contributed by atoms with van der Waals surface area (Å²) in [4.78, 5) is 2.50. The molecule has 1 N–H and O–H groups in total. The van der Waals surface area contributed by atoms with Crippen molar-refractivity contribution in [2.24, 2.45) is 5.41 Å². The molecule has 2 aliphatic heterocycles. The highest BCUT2D eigenvalue weighted by Crippen LogP contribution is 2.31. The molecule has 0 bridgehead atoms. The van der Waals surface area contributed by atoms with E-state index in [2.05, 4.69) is 18.7 Å². The molecule has 2 aliphatic rings. The van der Waals surface area contributed by atoms with Gasteiger partial charge in [0, 0.05) is 31.2 Å². The van der Waals surface area contributed by atoms with E-state index in [9.17, 15) is 5.11 Å². The molecule has 4 nitrogen and oxygen atoms in total. The SMILES string of the molecule is CCC1COC(C)CN1CC1(CO)CCCOC1. The Kier molecular flexibility index (Phi) is 5.01. The Morgan fingerprint density at radius 1 is 1.44 bits per heavy atom. The molecule has 0 spiro atoms. The van der Waals surface area contributed by atoms with E-state index in [4.69, 9.17) is 9.47 Å². The van der Waals surface area contributed by atoms with Gasteiger partial charge in [-0.15, -0.1) is 0 Å². The Morgan fingerprint density at radius 3 is 2.89 bits per heavy atom. The Bertz CT molecular complexity index is 253. The van der Waals surface area contributed by atoms with Crippen LogP contribution in [0.4, 0.5) is 0 Å². The molecule has 18 heavy (non-hydrogen) atoms. The van der Waals surface area contributed by atoms with Gasteiger partial charge in [0.25, 0.3) is 0 Å². The van der Waals surface area contributed by atoms with Crippen LogP contribution in [0, 0.1) is 5.41 Å². The fourth-order valence-electron chi connectivity index (χ4n) is 3.12. The topological polar surface area (TPSA) is 41.9 Å². The van der Waals surface area contributed by atoms with E-state index in [-0.39, 0.29) is 12.0 Å². The van der Waals surface area contributed by atoms with Crippen molar-refractivity contribution in [2.75, 3.05) is 39.5 Å². The lowest BCUT2D eigenvalue weighted by atomic mass is 9.82. The first-order chi connectivity index (χ1) is 8.69. The van der Waals surface area contributed by atoms with E-state index in [1.165, 1.54) is 0 Å². The third-order valence-electron chi connectivity index (χ3n) is 4.33. The zero-order valence-electron chi connectivity index (χ0n) is 11.7. The highest BCUT2D eigenvalue weighted by atomic mass is 16.5. The summed E-state index contributed by atoms with van der Waals surface area (Å²) in [6.45, 7) is 8.84. The molecular formula is C14H27NO3. The summed E-state index contributed by atoms with van der Waals surface area (Å²) >= 11 is 0. The third kappa shape index (κ3) is 3.23. The number of aliphatic hydroxyl groups excluding tert-OH is 1. The third-order valence-corrected chi connectivity index (χ3v) is 4.33. The van der Waals surface area contributed by atoms with Crippen molar-refractivity contribution in [1.29, 1.82) is 0 Å². The Morgan fingerprint density at radius 2 is 2.28 bits per heavy atom. The van der Waals surface area contributed by atoms with Crippen molar-refractivity contribution >= 4 is 0 Å². The maximum absolute atomic E-state index is 9.76. The molecule has 3 unspecified atom stereocenters. The molecule has 2 rings (SSSR count). The quantitative estimate of drug-likeness (QED) is 0.823. The first-order valence-corrected chi connectivity index (χ1v) is 7.23. The van der Waals surface area contributed by atoms with E-state index in [0.717, 1.165) is 45.6 Å². The molecule has 106 valence electrons. The molecule has 0 aromatic rings. The van der Waals surface area contributed by atoms with Crippen LogP contribution in [0.1, 0.15) is 33.1 Å². The lowest BCUT2D eigenvalue weighted by molar-refractivity contribution is -0.102. The van der Waals surface area contributed by atoms with E-state index in [1.807, 2.05) is 0 Å². The molecule has 0 amide bonds. The first kappa shape index (κ1) is 14.3. The molecule has 0 aromatic heterocycles. The minimum absolute atomic E-state index is 0.0528. The van der Waals surface area contributed by atoms with Crippen molar-refractivity contribution < 1.29 is 14.6 Å². The van der Waals surface area contributed by atoms with Crippen molar-refractivity contribution in [3.05, 3.63) is 0 Å². The van der Waals surface area contributed by atoms with Gasteiger partial charge >= 0.3 is 0 Å². The molecule has 2 heterocycles. The number of morpholine rings is 1. The smallest absolute Gasteiger partial charge is 0.0674 e. The summed E-state index contributed by atoms with van der Waals surface area (Å²) in [5.41, 5.74) is -0.0528. The van der Waals surface area contributed by atoms with Crippen LogP contribution in [-0.2, 0) is 9.47 Å². The number of rotatable bonds is 4. The first-order valence-electron chi connectivity index (χ1n) is 7.23. The van der Waals surface area contributed by atoms with Crippen LogP contribution in [-0.4, -0.2) is 61.7 Å². The molecule has 4 heteroatoms. The van der Waals surface area contributed by atoms with Crippen molar-refractivity contribution in [2.45, 2.75) is 45.3 Å². The Labute approximate surface area is 110 Å². The van der Waals surface area contributed by atoms with Gasteiger partial charge < -0.3 is 14.6 Å². The van der Waals surface area contributed by atoms with Gasteiger partial charge in [0.05, 0.1) is 25.9 Å². The van der Waals surface area contributed by atoms with Gasteiger partial charge in [-0.1, -0.05) is 6.92 Å². The predicted molar refractivity (Wildman–Crippen MR) is 70.6 cm³/mol. The molecule has 0 radical (unpaired) electrons. The van der Waals surface area contributed by atoms with E-state index in [0.29, 0.717) is 18.8 Å². The average molecular weight is 257 g/mol. The summed E-state index contributed by atoms with van der Waals surface area (Å²) in [7, 11) is 0. The fourth-order valence-corrected chi connectivity index (χ4v) is 3.12. The number of ether oxygens (including phenoxy) is 2. The Hall–Kier alpha value is -0.160. The number of aliphatic hydroxyl groups is 1. The van der Waals surface area contributed by atoms with Crippen LogP contribution in [0.15, 0.2) is 0 Å². The summed E-state index contributed by atoms with van der Waals surface area (Å²) in [6.07, 6.45) is 3.55. The second kappa shape index (κ2) is 6.33. The zero-order chi connectivity index (χ0) is 13.0. The van der Waals surface area contributed by atoms with Crippen molar-refractivity contribution in [3.8, 4) is 0 Å².